The molecule has 6 nitrogen and oxygen atoms in total. The molecule has 2 heterocycles. The minimum Gasteiger partial charge on any atom is -0.487 e. The van der Waals surface area contributed by atoms with Crippen molar-refractivity contribution in [1.82, 2.24) is 9.80 Å². The summed E-state index contributed by atoms with van der Waals surface area (Å²) >= 11 is 0. The van der Waals surface area contributed by atoms with E-state index in [2.05, 4.69) is 37.6 Å². The molecule has 0 aromatic heterocycles. The molecule has 1 saturated carbocycles. The Balaban J connectivity index is 1.41. The molecule has 1 spiro atoms. The maximum Gasteiger partial charge on any atom is 0.308 e. The van der Waals surface area contributed by atoms with Gasteiger partial charge in [-0.3, -0.25) is 9.59 Å². The second-order valence-corrected chi connectivity index (χ2v) is 12.3. The highest BCUT2D eigenvalue weighted by molar-refractivity contribution is 5.94. The standard InChI is InChI=1S/C33H38N2O4/c1-20(2)19-35(30(37)14-9-23-8-6-7-21(3)17-23)26-11-10-25-27-18-24-28(38-22(4)36)12-13-29-31(24)33(25,32(26)39-29)15-16-34(27)5/h6-8,12-13,17,20,25-27,32H,10-11,15-16,18-19H2,1-5H3/t25-,26-,27+,32-,33-/m0/s1. The fraction of sp³-hybridized carbons (Fsp3) is 0.515. The predicted molar refractivity (Wildman–Crippen MR) is 150 cm³/mol. The van der Waals surface area contributed by atoms with E-state index in [0.29, 0.717) is 30.2 Å². The Bertz CT molecular complexity index is 1390. The number of piperidine rings is 1. The van der Waals surface area contributed by atoms with Gasteiger partial charge in [0.2, 0.25) is 0 Å². The molecule has 1 saturated heterocycles. The highest BCUT2D eigenvalue weighted by Gasteiger charge is 2.66. The van der Waals surface area contributed by atoms with Gasteiger partial charge in [0.1, 0.15) is 17.6 Å². The summed E-state index contributed by atoms with van der Waals surface area (Å²) in [6.45, 7) is 9.41. The molecule has 2 bridgehead atoms. The van der Waals surface area contributed by atoms with Gasteiger partial charge < -0.3 is 19.3 Å². The second kappa shape index (κ2) is 9.71. The zero-order valence-electron chi connectivity index (χ0n) is 23.6. The van der Waals surface area contributed by atoms with Gasteiger partial charge in [-0.05, 0) is 87.9 Å². The van der Waals surface area contributed by atoms with Crippen LogP contribution in [0.1, 0.15) is 62.3 Å². The third-order valence-electron chi connectivity index (χ3n) is 9.37. The number of carbonyl (C=O) groups is 2. The molecular weight excluding hydrogens is 488 g/mol. The van der Waals surface area contributed by atoms with Gasteiger partial charge in [-0.2, -0.15) is 0 Å². The van der Waals surface area contributed by atoms with Gasteiger partial charge in [0, 0.05) is 47.5 Å². The lowest BCUT2D eigenvalue weighted by molar-refractivity contribution is -0.137. The van der Waals surface area contributed by atoms with E-state index in [4.69, 9.17) is 9.47 Å². The van der Waals surface area contributed by atoms with Crippen molar-refractivity contribution in [1.29, 1.82) is 0 Å². The van der Waals surface area contributed by atoms with E-state index in [1.54, 1.807) is 0 Å². The van der Waals surface area contributed by atoms with Crippen molar-refractivity contribution >= 4 is 11.9 Å². The molecule has 2 fully saturated rings. The first-order valence-electron chi connectivity index (χ1n) is 14.3. The molecule has 204 valence electrons. The van der Waals surface area contributed by atoms with Gasteiger partial charge in [-0.25, -0.2) is 0 Å². The van der Waals surface area contributed by atoms with Crippen molar-refractivity contribution in [3.8, 4) is 23.3 Å². The minimum atomic E-state index is -0.304. The Morgan fingerprint density at radius 2 is 2.05 bits per heavy atom. The fourth-order valence-electron chi connectivity index (χ4n) is 7.96. The number of likely N-dealkylation sites (N-methyl/N-ethyl adjacent to an activating group) is 1. The maximum atomic E-state index is 13.8. The number of carbonyl (C=O) groups excluding carboxylic acids is 2. The van der Waals surface area contributed by atoms with Crippen LogP contribution in [0.15, 0.2) is 36.4 Å². The Labute approximate surface area is 231 Å². The molecule has 4 aliphatic rings. The number of aryl methyl sites for hydroxylation is 1. The number of benzene rings is 2. The number of hydrogen-bond donors (Lipinski definition) is 0. The quantitative estimate of drug-likeness (QED) is 0.334. The highest BCUT2D eigenvalue weighted by atomic mass is 16.5. The lowest BCUT2D eigenvalue weighted by Crippen LogP contribution is -2.68. The third-order valence-corrected chi connectivity index (χ3v) is 9.37. The van der Waals surface area contributed by atoms with Crippen molar-refractivity contribution in [2.75, 3.05) is 20.1 Å². The lowest BCUT2D eigenvalue weighted by Gasteiger charge is -2.60. The summed E-state index contributed by atoms with van der Waals surface area (Å²) in [6, 6.07) is 12.1. The normalized spacial score (nSPS) is 28.2. The van der Waals surface area contributed by atoms with Crippen molar-refractivity contribution < 1.29 is 19.1 Å². The van der Waals surface area contributed by atoms with Crippen molar-refractivity contribution in [2.24, 2.45) is 11.8 Å². The van der Waals surface area contributed by atoms with E-state index in [9.17, 15) is 9.59 Å². The Morgan fingerprint density at radius 3 is 2.79 bits per heavy atom. The summed E-state index contributed by atoms with van der Waals surface area (Å²) in [5.41, 5.74) is 4.12. The molecule has 6 heteroatoms. The zero-order chi connectivity index (χ0) is 27.5. The summed E-state index contributed by atoms with van der Waals surface area (Å²) in [7, 11) is 2.21. The molecule has 5 atom stereocenters. The predicted octanol–water partition coefficient (Wildman–Crippen LogP) is 4.49. The highest BCUT2D eigenvalue weighted by Crippen LogP contribution is 2.63. The number of hydrogen-bond acceptors (Lipinski definition) is 5. The van der Waals surface area contributed by atoms with Crippen molar-refractivity contribution in [3.63, 3.8) is 0 Å². The maximum absolute atomic E-state index is 13.8. The van der Waals surface area contributed by atoms with Gasteiger partial charge in [-0.15, -0.1) is 0 Å². The average Bonchev–Trinajstić information content (AvgIpc) is 3.22. The van der Waals surface area contributed by atoms with Crippen LogP contribution in [-0.4, -0.2) is 60.0 Å². The van der Waals surface area contributed by atoms with E-state index in [-0.39, 0.29) is 29.4 Å². The van der Waals surface area contributed by atoms with Crippen LogP contribution in [0.3, 0.4) is 0 Å². The van der Waals surface area contributed by atoms with Crippen LogP contribution in [0, 0.1) is 30.6 Å². The van der Waals surface area contributed by atoms with Gasteiger partial charge in [0.15, 0.2) is 0 Å². The monoisotopic (exact) mass is 526 g/mol. The van der Waals surface area contributed by atoms with Gasteiger partial charge in [0.25, 0.3) is 5.91 Å². The first-order chi connectivity index (χ1) is 18.7. The number of rotatable bonds is 4. The molecule has 0 radical (unpaired) electrons. The van der Waals surface area contributed by atoms with Gasteiger partial charge in [0.05, 0.1) is 6.04 Å². The number of nitrogens with zero attached hydrogens (tertiary/aromatic N) is 2. The van der Waals surface area contributed by atoms with E-state index < -0.39 is 0 Å². The molecular formula is C33H38N2O4. The van der Waals surface area contributed by atoms with Crippen LogP contribution in [0.4, 0.5) is 0 Å². The Morgan fingerprint density at radius 1 is 1.23 bits per heavy atom. The van der Waals surface area contributed by atoms with Crippen LogP contribution < -0.4 is 9.47 Å². The SMILES string of the molecule is CC(=O)Oc1ccc2c3c1C[C@@H]1[C@@H]4CC[C@H](N(CC(C)C)C(=O)C#Cc5cccc(C)c5)[C@H](O2)[C@]34CCN1C. The molecule has 2 aromatic carbocycles. The summed E-state index contributed by atoms with van der Waals surface area (Å²) < 4.78 is 12.6. The molecule has 0 N–H and O–H groups in total. The summed E-state index contributed by atoms with van der Waals surface area (Å²) in [4.78, 5) is 30.2. The van der Waals surface area contributed by atoms with Crippen LogP contribution in [-0.2, 0) is 21.4 Å². The van der Waals surface area contributed by atoms with E-state index in [1.807, 2.05) is 48.2 Å². The second-order valence-electron chi connectivity index (χ2n) is 12.3. The number of likely N-dealkylation sites (tertiary alicyclic amines) is 1. The molecule has 2 aromatic rings. The van der Waals surface area contributed by atoms with Crippen LogP contribution in [0.2, 0.25) is 0 Å². The largest absolute Gasteiger partial charge is 0.487 e. The molecule has 2 aliphatic heterocycles. The Hall–Kier alpha value is -3.30. The number of amides is 1. The Kier molecular flexibility index (Phi) is 6.46. The summed E-state index contributed by atoms with van der Waals surface area (Å²) in [5.74, 6) is 7.95. The number of ether oxygens (including phenoxy) is 2. The fourth-order valence-corrected chi connectivity index (χ4v) is 7.96. The smallest absolute Gasteiger partial charge is 0.308 e. The number of esters is 1. The average molecular weight is 527 g/mol. The topological polar surface area (TPSA) is 59.1 Å². The molecule has 0 unspecified atom stereocenters. The van der Waals surface area contributed by atoms with E-state index >= 15 is 0 Å². The first-order valence-corrected chi connectivity index (χ1v) is 14.3. The first kappa shape index (κ1) is 26.0. The van der Waals surface area contributed by atoms with Gasteiger partial charge in [-0.1, -0.05) is 31.9 Å². The van der Waals surface area contributed by atoms with E-state index in [0.717, 1.165) is 54.7 Å². The third kappa shape index (κ3) is 4.23. The molecule has 39 heavy (non-hydrogen) atoms. The summed E-state index contributed by atoms with van der Waals surface area (Å²) in [6.07, 6.45) is 3.60. The molecule has 2 aliphatic carbocycles. The zero-order valence-corrected chi connectivity index (χ0v) is 23.6. The molecule has 6 rings (SSSR count). The van der Waals surface area contributed by atoms with Crippen molar-refractivity contribution in [3.05, 3.63) is 58.7 Å². The van der Waals surface area contributed by atoms with Gasteiger partial charge >= 0.3 is 5.97 Å². The van der Waals surface area contributed by atoms with Crippen LogP contribution in [0.25, 0.3) is 0 Å². The minimum absolute atomic E-state index is 0.0671. The van der Waals surface area contributed by atoms with Crippen LogP contribution in [0.5, 0.6) is 11.5 Å². The van der Waals surface area contributed by atoms with Crippen molar-refractivity contribution in [2.45, 2.75) is 77.0 Å². The summed E-state index contributed by atoms with van der Waals surface area (Å²) in [5, 5.41) is 0. The van der Waals surface area contributed by atoms with E-state index in [1.165, 1.54) is 12.5 Å². The lowest BCUT2D eigenvalue weighted by atomic mass is 9.51. The van der Waals surface area contributed by atoms with Crippen LogP contribution >= 0.6 is 0 Å². The molecule has 1 amide bonds.